The summed E-state index contributed by atoms with van der Waals surface area (Å²) in [5.41, 5.74) is 7.85. The van der Waals surface area contributed by atoms with Crippen molar-refractivity contribution >= 4 is 23.3 Å². The summed E-state index contributed by atoms with van der Waals surface area (Å²) in [5.74, 6) is 0.600. The number of rotatable bonds is 6. The molecule has 3 aromatic rings. The Morgan fingerprint density at radius 2 is 1.86 bits per heavy atom. The van der Waals surface area contributed by atoms with Gasteiger partial charge in [-0.1, -0.05) is 48.0 Å². The Morgan fingerprint density at radius 3 is 2.59 bits per heavy atom. The molecule has 1 heterocycles. The summed E-state index contributed by atoms with van der Waals surface area (Å²) in [6.07, 6.45) is 1.20. The van der Waals surface area contributed by atoms with Crippen molar-refractivity contribution in [3.05, 3.63) is 88.6 Å². The Bertz CT molecular complexity index is 1010. The van der Waals surface area contributed by atoms with Gasteiger partial charge < -0.3 is 15.8 Å². The highest BCUT2D eigenvalue weighted by Gasteiger charge is 2.24. The third-order valence-electron chi connectivity index (χ3n) is 4.69. The fourth-order valence-corrected chi connectivity index (χ4v) is 3.13. The molecule has 0 aliphatic heterocycles. The molecule has 150 valence electrons. The first-order valence-electron chi connectivity index (χ1n) is 9.32. The van der Waals surface area contributed by atoms with Crippen LogP contribution >= 0.6 is 11.6 Å². The van der Waals surface area contributed by atoms with E-state index in [9.17, 15) is 4.79 Å². The normalized spacial score (nSPS) is 12.3. The number of carbonyl (C=O) groups is 1. The minimum Gasteiger partial charge on any atom is -0.482 e. The Labute approximate surface area is 175 Å². The number of nitrogens with two attached hydrogens (primary N) is 1. The van der Waals surface area contributed by atoms with Crippen LogP contribution in [0.2, 0.25) is 5.02 Å². The second kappa shape index (κ2) is 8.53. The van der Waals surface area contributed by atoms with E-state index in [0.29, 0.717) is 16.3 Å². The second-order valence-corrected chi connectivity index (χ2v) is 7.80. The minimum atomic E-state index is -0.570. The van der Waals surface area contributed by atoms with Gasteiger partial charge in [0, 0.05) is 17.8 Å². The van der Waals surface area contributed by atoms with Crippen LogP contribution in [0.3, 0.4) is 0 Å². The van der Waals surface area contributed by atoms with Crippen molar-refractivity contribution < 1.29 is 9.53 Å². The fraction of sp³-hybridized carbons (Fsp3) is 0.217. The topological polar surface area (TPSA) is 77.2 Å². The first-order valence-corrected chi connectivity index (χ1v) is 9.70. The lowest BCUT2D eigenvalue weighted by atomic mass is 9.91. The Balaban J connectivity index is 1.78. The molecule has 6 heteroatoms. The van der Waals surface area contributed by atoms with E-state index in [1.54, 1.807) is 18.2 Å². The maximum atomic E-state index is 12.6. The molecule has 0 saturated heterocycles. The third-order valence-corrected chi connectivity index (χ3v) is 4.90. The van der Waals surface area contributed by atoms with Gasteiger partial charge in [0.05, 0.1) is 10.6 Å². The van der Waals surface area contributed by atoms with E-state index in [4.69, 9.17) is 22.1 Å². The number of hydrogen-bond acceptors (Lipinski definition) is 4. The summed E-state index contributed by atoms with van der Waals surface area (Å²) in [6, 6.07) is 18.7. The van der Waals surface area contributed by atoms with E-state index in [-0.39, 0.29) is 17.8 Å². The van der Waals surface area contributed by atoms with Gasteiger partial charge in [0.25, 0.3) is 5.91 Å². The molecule has 1 amide bonds. The van der Waals surface area contributed by atoms with E-state index in [0.717, 1.165) is 11.1 Å². The van der Waals surface area contributed by atoms with Crippen LogP contribution in [0.1, 0.15) is 48.4 Å². The van der Waals surface area contributed by atoms with Crippen LogP contribution in [0, 0.1) is 0 Å². The van der Waals surface area contributed by atoms with Gasteiger partial charge in [-0.05, 0) is 50.1 Å². The van der Waals surface area contributed by atoms with Gasteiger partial charge in [0.15, 0.2) is 11.6 Å². The number of nitrogen functional groups attached to an aromatic ring is 1. The van der Waals surface area contributed by atoms with Gasteiger partial charge in [0.2, 0.25) is 0 Å². The molecule has 0 bridgehead atoms. The van der Waals surface area contributed by atoms with Crippen molar-refractivity contribution in [3.63, 3.8) is 0 Å². The number of halogens is 1. The number of pyridine rings is 1. The minimum absolute atomic E-state index is 0.122. The number of amides is 1. The summed E-state index contributed by atoms with van der Waals surface area (Å²) in [4.78, 5) is 16.6. The second-order valence-electron chi connectivity index (χ2n) is 7.37. The zero-order valence-electron chi connectivity index (χ0n) is 16.6. The van der Waals surface area contributed by atoms with Gasteiger partial charge >= 0.3 is 0 Å². The molecule has 1 aromatic heterocycles. The van der Waals surface area contributed by atoms with Crippen molar-refractivity contribution in [1.82, 2.24) is 10.3 Å². The summed E-state index contributed by atoms with van der Waals surface area (Å²) in [5, 5.41) is 3.55. The molecule has 5 nitrogen and oxygen atoms in total. The van der Waals surface area contributed by atoms with E-state index >= 15 is 0 Å². The molecule has 29 heavy (non-hydrogen) atoms. The maximum Gasteiger partial charge on any atom is 0.251 e. The maximum absolute atomic E-state index is 12.6. The number of carbonyl (C=O) groups excluding carboxylic acids is 1. The predicted octanol–water partition coefficient (Wildman–Crippen LogP) is 5.12. The zero-order chi connectivity index (χ0) is 21.0. The Hall–Kier alpha value is -3.05. The van der Waals surface area contributed by atoms with Crippen molar-refractivity contribution in [2.45, 2.75) is 32.4 Å². The van der Waals surface area contributed by atoms with Gasteiger partial charge in [-0.25, -0.2) is 4.98 Å². The third kappa shape index (κ3) is 5.06. The van der Waals surface area contributed by atoms with Crippen LogP contribution in [0.15, 0.2) is 66.9 Å². The van der Waals surface area contributed by atoms with Crippen LogP contribution in [0.25, 0.3) is 0 Å². The van der Waals surface area contributed by atoms with Crippen molar-refractivity contribution in [3.8, 4) is 5.75 Å². The van der Waals surface area contributed by atoms with Crippen LogP contribution in [0.5, 0.6) is 5.75 Å². The van der Waals surface area contributed by atoms with Gasteiger partial charge in [-0.15, -0.1) is 0 Å². The van der Waals surface area contributed by atoms with Crippen molar-refractivity contribution in [2.75, 3.05) is 5.73 Å². The number of benzene rings is 2. The predicted molar refractivity (Wildman–Crippen MR) is 116 cm³/mol. The number of hydrogen-bond donors (Lipinski definition) is 2. The fourth-order valence-electron chi connectivity index (χ4n) is 2.98. The Kier molecular flexibility index (Phi) is 6.09. The first kappa shape index (κ1) is 20.7. The standard InChI is InChI=1S/C23H24ClN3O2/c1-15(29-20-13-19(24)14-26-21(20)25)17-10-7-11-18(12-17)23(2,3)27-22(28)16-8-5-4-6-9-16/h4-15H,1-3H3,(H2,25,26)(H,27,28)/t15-/m1/s1. The van der Waals surface area contributed by atoms with E-state index in [1.165, 1.54) is 6.20 Å². The van der Waals surface area contributed by atoms with Gasteiger partial charge in [-0.2, -0.15) is 0 Å². The molecule has 0 aliphatic rings. The van der Waals surface area contributed by atoms with Crippen molar-refractivity contribution in [2.24, 2.45) is 0 Å². The van der Waals surface area contributed by atoms with E-state index in [1.807, 2.05) is 63.2 Å². The average molecular weight is 410 g/mol. The highest BCUT2D eigenvalue weighted by atomic mass is 35.5. The lowest BCUT2D eigenvalue weighted by Gasteiger charge is -2.28. The lowest BCUT2D eigenvalue weighted by molar-refractivity contribution is 0.0912. The SMILES string of the molecule is C[C@@H](Oc1cc(Cl)cnc1N)c1cccc(C(C)(C)NC(=O)c2ccccc2)c1. The number of anilines is 1. The smallest absolute Gasteiger partial charge is 0.251 e. The van der Waals surface area contributed by atoms with Crippen LogP contribution in [-0.2, 0) is 5.54 Å². The van der Waals surface area contributed by atoms with Crippen LogP contribution < -0.4 is 15.8 Å². The number of nitrogens with zero attached hydrogens (tertiary/aromatic N) is 1. The summed E-state index contributed by atoms with van der Waals surface area (Å²) in [7, 11) is 0. The van der Waals surface area contributed by atoms with E-state index in [2.05, 4.69) is 10.3 Å². The molecule has 2 aromatic carbocycles. The zero-order valence-corrected chi connectivity index (χ0v) is 17.4. The lowest BCUT2D eigenvalue weighted by Crippen LogP contribution is -2.41. The highest BCUT2D eigenvalue weighted by Crippen LogP contribution is 2.30. The molecule has 0 saturated carbocycles. The molecule has 0 unspecified atom stereocenters. The Morgan fingerprint density at radius 1 is 1.14 bits per heavy atom. The largest absolute Gasteiger partial charge is 0.482 e. The monoisotopic (exact) mass is 409 g/mol. The van der Waals surface area contributed by atoms with E-state index < -0.39 is 5.54 Å². The molecule has 0 fully saturated rings. The number of nitrogens with one attached hydrogen (secondary N) is 1. The summed E-state index contributed by atoms with van der Waals surface area (Å²) >= 11 is 5.99. The first-order chi connectivity index (χ1) is 13.8. The molecule has 0 radical (unpaired) electrons. The quantitative estimate of drug-likeness (QED) is 0.592. The van der Waals surface area contributed by atoms with Crippen LogP contribution in [-0.4, -0.2) is 10.9 Å². The summed E-state index contributed by atoms with van der Waals surface area (Å²) < 4.78 is 5.97. The molecule has 0 spiro atoms. The van der Waals surface area contributed by atoms with Crippen molar-refractivity contribution in [1.29, 1.82) is 0 Å². The summed E-state index contributed by atoms with van der Waals surface area (Å²) in [6.45, 7) is 5.86. The molecule has 3 rings (SSSR count). The molecular weight excluding hydrogens is 386 g/mol. The highest BCUT2D eigenvalue weighted by molar-refractivity contribution is 6.30. The molecule has 1 atom stereocenters. The van der Waals surface area contributed by atoms with Crippen LogP contribution in [0.4, 0.5) is 5.82 Å². The molecule has 0 aliphatic carbocycles. The number of ether oxygens (including phenoxy) is 1. The van der Waals surface area contributed by atoms with Gasteiger partial charge in [-0.3, -0.25) is 4.79 Å². The van der Waals surface area contributed by atoms with Gasteiger partial charge in [0.1, 0.15) is 6.10 Å². The molecular formula is C23H24ClN3O2. The average Bonchev–Trinajstić information content (AvgIpc) is 2.71. The molecule has 3 N–H and O–H groups in total. The number of aromatic nitrogens is 1.